The van der Waals surface area contributed by atoms with Crippen LogP contribution in [0.1, 0.15) is 0 Å². The van der Waals surface area contributed by atoms with E-state index in [4.69, 9.17) is 9.47 Å². The Hall–Kier alpha value is -4.28. The molecular weight excluding hydrogens is 395 g/mol. The Bertz CT molecular complexity index is 1330. The van der Waals surface area contributed by atoms with E-state index in [0.717, 1.165) is 4.68 Å². The van der Waals surface area contributed by atoms with Crippen LogP contribution in [-0.2, 0) is 11.3 Å². The van der Waals surface area contributed by atoms with Crippen LogP contribution in [0, 0.1) is 5.82 Å². The maximum absolute atomic E-state index is 13.1. The van der Waals surface area contributed by atoms with Crippen LogP contribution < -0.4 is 20.3 Å². The van der Waals surface area contributed by atoms with Crippen LogP contribution >= 0.6 is 0 Å². The average molecular weight is 408 g/mol. The van der Waals surface area contributed by atoms with Gasteiger partial charge in [0.05, 0.1) is 11.9 Å². The van der Waals surface area contributed by atoms with Gasteiger partial charge in [0.2, 0.25) is 12.7 Å². The van der Waals surface area contributed by atoms with Crippen LogP contribution in [0.3, 0.4) is 0 Å². The van der Waals surface area contributed by atoms with Crippen molar-refractivity contribution >= 4 is 22.6 Å². The molecule has 0 atom stereocenters. The Morgan fingerprint density at radius 2 is 1.93 bits per heavy atom. The molecule has 1 N–H and O–H groups in total. The van der Waals surface area contributed by atoms with Crippen LogP contribution in [0.2, 0.25) is 0 Å². The van der Waals surface area contributed by atoms with Crippen molar-refractivity contribution in [3.8, 4) is 17.2 Å². The van der Waals surface area contributed by atoms with Crippen molar-refractivity contribution in [3.63, 3.8) is 0 Å². The van der Waals surface area contributed by atoms with E-state index in [0.29, 0.717) is 22.9 Å². The number of anilines is 1. The van der Waals surface area contributed by atoms with Crippen LogP contribution in [0.5, 0.6) is 11.5 Å². The van der Waals surface area contributed by atoms with E-state index in [-0.39, 0.29) is 24.4 Å². The van der Waals surface area contributed by atoms with Gasteiger partial charge in [-0.2, -0.15) is 5.10 Å². The number of amides is 1. The second kappa shape index (κ2) is 6.95. The van der Waals surface area contributed by atoms with E-state index in [1.807, 2.05) is 0 Å². The van der Waals surface area contributed by atoms with Crippen LogP contribution in [0.4, 0.5) is 10.1 Å². The Morgan fingerprint density at radius 1 is 1.13 bits per heavy atom. The second-order valence-corrected chi connectivity index (χ2v) is 6.44. The van der Waals surface area contributed by atoms with Crippen LogP contribution in [-0.4, -0.2) is 37.5 Å². The van der Waals surface area contributed by atoms with Gasteiger partial charge in [-0.25, -0.2) is 13.8 Å². The molecule has 30 heavy (non-hydrogen) atoms. The summed E-state index contributed by atoms with van der Waals surface area (Å²) in [6.07, 6.45) is 1.34. The topological polar surface area (TPSA) is 113 Å². The number of halogens is 1. The number of nitrogens with zero attached hydrogens (tertiary/aromatic N) is 5. The van der Waals surface area contributed by atoms with Gasteiger partial charge in [-0.05, 0) is 36.4 Å². The Balaban J connectivity index is 1.38. The molecule has 0 fully saturated rings. The SMILES string of the molecule is O=C(Cn1nnc2c(cnn2-c2ccc(F)cc2)c1=O)Nc1ccc2c(c1)OCO2. The molecule has 11 heteroatoms. The van der Waals surface area contributed by atoms with E-state index in [2.05, 4.69) is 20.7 Å². The highest BCUT2D eigenvalue weighted by Gasteiger charge is 2.17. The van der Waals surface area contributed by atoms with Gasteiger partial charge in [0.1, 0.15) is 17.7 Å². The van der Waals surface area contributed by atoms with Crippen molar-refractivity contribution in [2.75, 3.05) is 12.1 Å². The first kappa shape index (κ1) is 17.8. The molecule has 0 spiro atoms. The molecule has 1 amide bonds. The molecule has 1 aliphatic heterocycles. The summed E-state index contributed by atoms with van der Waals surface area (Å²) in [5, 5.41) is 14.8. The third kappa shape index (κ3) is 3.11. The van der Waals surface area contributed by atoms with Crippen molar-refractivity contribution in [2.24, 2.45) is 0 Å². The fraction of sp³-hybridized carbons (Fsp3) is 0.105. The quantitative estimate of drug-likeness (QED) is 0.544. The van der Waals surface area contributed by atoms with Crippen molar-refractivity contribution in [3.05, 3.63) is 64.8 Å². The number of fused-ring (bicyclic) bond motifs is 2. The highest BCUT2D eigenvalue weighted by molar-refractivity contribution is 5.91. The molecule has 2 aromatic carbocycles. The number of carbonyl (C=O) groups excluding carboxylic acids is 1. The zero-order valence-corrected chi connectivity index (χ0v) is 15.3. The number of hydrogen-bond donors (Lipinski definition) is 1. The molecule has 0 unspecified atom stereocenters. The molecule has 150 valence electrons. The lowest BCUT2D eigenvalue weighted by Crippen LogP contribution is -2.30. The van der Waals surface area contributed by atoms with E-state index in [1.54, 1.807) is 18.2 Å². The molecule has 4 aromatic rings. The summed E-state index contributed by atoms with van der Waals surface area (Å²) >= 11 is 0. The molecule has 1 aliphatic rings. The first-order chi connectivity index (χ1) is 14.6. The van der Waals surface area contributed by atoms with Gasteiger partial charge in [0, 0.05) is 11.8 Å². The van der Waals surface area contributed by atoms with E-state index in [1.165, 1.54) is 35.1 Å². The fourth-order valence-corrected chi connectivity index (χ4v) is 3.05. The number of carbonyl (C=O) groups is 1. The Kier molecular flexibility index (Phi) is 4.12. The Morgan fingerprint density at radius 3 is 2.77 bits per heavy atom. The molecule has 10 nitrogen and oxygen atoms in total. The number of aromatic nitrogens is 5. The third-order valence-corrected chi connectivity index (χ3v) is 4.48. The number of rotatable bonds is 4. The number of ether oxygens (including phenoxy) is 2. The lowest BCUT2D eigenvalue weighted by atomic mass is 10.3. The number of hydrogen-bond acceptors (Lipinski definition) is 7. The minimum atomic E-state index is -0.519. The van der Waals surface area contributed by atoms with Crippen LogP contribution in [0.25, 0.3) is 16.7 Å². The van der Waals surface area contributed by atoms with E-state index >= 15 is 0 Å². The monoisotopic (exact) mass is 408 g/mol. The zero-order chi connectivity index (χ0) is 20.7. The summed E-state index contributed by atoms with van der Waals surface area (Å²) in [6.45, 7) is -0.207. The molecule has 0 saturated carbocycles. The lowest BCUT2D eigenvalue weighted by molar-refractivity contribution is -0.117. The van der Waals surface area contributed by atoms with Gasteiger partial charge in [0.15, 0.2) is 17.1 Å². The first-order valence-corrected chi connectivity index (χ1v) is 8.85. The highest BCUT2D eigenvalue weighted by atomic mass is 19.1. The molecule has 5 rings (SSSR count). The minimum Gasteiger partial charge on any atom is -0.454 e. The van der Waals surface area contributed by atoms with Gasteiger partial charge in [-0.15, -0.1) is 5.10 Å². The second-order valence-electron chi connectivity index (χ2n) is 6.44. The summed E-state index contributed by atoms with van der Waals surface area (Å²) in [5.74, 6) is 0.269. The van der Waals surface area contributed by atoms with Gasteiger partial charge < -0.3 is 14.8 Å². The maximum atomic E-state index is 13.1. The smallest absolute Gasteiger partial charge is 0.281 e. The van der Waals surface area contributed by atoms with Gasteiger partial charge in [-0.3, -0.25) is 9.59 Å². The van der Waals surface area contributed by atoms with Gasteiger partial charge in [0.25, 0.3) is 5.56 Å². The van der Waals surface area contributed by atoms with Gasteiger partial charge in [-0.1, -0.05) is 5.21 Å². The van der Waals surface area contributed by atoms with Crippen molar-refractivity contribution in [2.45, 2.75) is 6.54 Å². The van der Waals surface area contributed by atoms with Crippen molar-refractivity contribution < 1.29 is 18.7 Å². The molecule has 2 aromatic heterocycles. The van der Waals surface area contributed by atoms with E-state index < -0.39 is 17.3 Å². The third-order valence-electron chi connectivity index (χ3n) is 4.48. The van der Waals surface area contributed by atoms with E-state index in [9.17, 15) is 14.0 Å². The summed E-state index contributed by atoms with van der Waals surface area (Å²) < 4.78 is 26.0. The molecular formula is C19H13FN6O4. The largest absolute Gasteiger partial charge is 0.454 e. The number of benzene rings is 2. The normalized spacial score (nSPS) is 12.3. The minimum absolute atomic E-state index is 0.128. The lowest BCUT2D eigenvalue weighted by Gasteiger charge is -2.07. The summed E-state index contributed by atoms with van der Waals surface area (Å²) in [4.78, 5) is 25.1. The standard InChI is InChI=1S/C19H13FN6O4/c20-11-1-4-13(5-2-11)26-18-14(8-21-26)19(28)25(24-23-18)9-17(27)22-12-3-6-15-16(7-12)30-10-29-15/h1-8H,9-10H2,(H,22,27). The van der Waals surface area contributed by atoms with Crippen molar-refractivity contribution in [1.29, 1.82) is 0 Å². The van der Waals surface area contributed by atoms with Gasteiger partial charge >= 0.3 is 0 Å². The predicted molar refractivity (Wildman–Crippen MR) is 102 cm³/mol. The Labute approximate surface area is 167 Å². The fourth-order valence-electron chi connectivity index (χ4n) is 3.05. The zero-order valence-electron chi connectivity index (χ0n) is 15.3. The highest BCUT2D eigenvalue weighted by Crippen LogP contribution is 2.34. The van der Waals surface area contributed by atoms with Crippen LogP contribution in [0.15, 0.2) is 53.5 Å². The molecule has 0 saturated heterocycles. The number of nitrogens with one attached hydrogen (secondary N) is 1. The summed E-state index contributed by atoms with van der Waals surface area (Å²) in [6, 6.07) is 10.5. The molecule has 3 heterocycles. The van der Waals surface area contributed by atoms with Crippen molar-refractivity contribution in [1.82, 2.24) is 24.8 Å². The average Bonchev–Trinajstić information content (AvgIpc) is 3.37. The molecule has 0 radical (unpaired) electrons. The maximum Gasteiger partial charge on any atom is 0.281 e. The summed E-state index contributed by atoms with van der Waals surface area (Å²) in [5.41, 5.74) is 0.710. The molecule has 0 aliphatic carbocycles. The molecule has 0 bridgehead atoms. The predicted octanol–water partition coefficient (Wildman–Crippen LogP) is 1.48. The summed E-state index contributed by atoms with van der Waals surface area (Å²) in [7, 11) is 0. The first-order valence-electron chi connectivity index (χ1n) is 8.85.